The van der Waals surface area contributed by atoms with Crippen LogP contribution >= 0.6 is 0 Å². The second-order valence-corrected chi connectivity index (χ2v) is 4.44. The molecule has 4 nitrogen and oxygen atoms in total. The molecule has 1 aromatic heterocycles. The van der Waals surface area contributed by atoms with Crippen LogP contribution in [0.1, 0.15) is 0 Å². The third-order valence-electron chi connectivity index (χ3n) is 3.17. The van der Waals surface area contributed by atoms with Gasteiger partial charge in [0.05, 0.1) is 25.3 Å². The van der Waals surface area contributed by atoms with E-state index in [9.17, 15) is 8.78 Å². The normalized spacial score (nSPS) is 10.9. The maximum Gasteiger partial charge on any atom is 0.153 e. The standard InChI is InChI=1S/C15H12F2N2O2/c1-20-9-3-4-13(21-2)10(7-9)15-18-12-6-8(16)5-11(17)14(12)19-15/h3-7H,1-2H3,(H,18,19). The lowest BCUT2D eigenvalue weighted by Gasteiger charge is -2.08. The maximum absolute atomic E-state index is 13.7. The molecule has 108 valence electrons. The molecule has 3 aromatic rings. The van der Waals surface area contributed by atoms with E-state index < -0.39 is 11.6 Å². The number of halogens is 2. The second-order valence-electron chi connectivity index (χ2n) is 4.44. The zero-order valence-electron chi connectivity index (χ0n) is 11.4. The van der Waals surface area contributed by atoms with E-state index in [1.807, 2.05) is 0 Å². The molecule has 0 spiro atoms. The summed E-state index contributed by atoms with van der Waals surface area (Å²) in [5.74, 6) is 0.168. The van der Waals surface area contributed by atoms with Crippen molar-refractivity contribution in [1.29, 1.82) is 0 Å². The molecular weight excluding hydrogens is 278 g/mol. The second kappa shape index (κ2) is 5.05. The van der Waals surface area contributed by atoms with Crippen molar-refractivity contribution in [3.63, 3.8) is 0 Å². The number of nitrogens with zero attached hydrogens (tertiary/aromatic N) is 1. The Labute approximate surface area is 119 Å². The summed E-state index contributed by atoms with van der Waals surface area (Å²) in [4.78, 5) is 7.07. The monoisotopic (exact) mass is 290 g/mol. The number of fused-ring (bicyclic) bond motifs is 1. The van der Waals surface area contributed by atoms with Gasteiger partial charge in [-0.05, 0) is 24.3 Å². The average Bonchev–Trinajstić information content (AvgIpc) is 2.90. The van der Waals surface area contributed by atoms with E-state index in [-0.39, 0.29) is 11.0 Å². The summed E-state index contributed by atoms with van der Waals surface area (Å²) >= 11 is 0. The summed E-state index contributed by atoms with van der Waals surface area (Å²) in [6.45, 7) is 0. The lowest BCUT2D eigenvalue weighted by atomic mass is 10.2. The van der Waals surface area contributed by atoms with Crippen molar-refractivity contribution < 1.29 is 18.3 Å². The Hall–Kier alpha value is -2.63. The highest BCUT2D eigenvalue weighted by Crippen LogP contribution is 2.33. The Morgan fingerprint density at radius 3 is 2.57 bits per heavy atom. The average molecular weight is 290 g/mol. The Balaban J connectivity index is 2.22. The van der Waals surface area contributed by atoms with E-state index in [2.05, 4.69) is 9.97 Å². The molecule has 0 aliphatic heterocycles. The number of nitrogens with one attached hydrogen (secondary N) is 1. The van der Waals surface area contributed by atoms with Crippen LogP contribution in [0.25, 0.3) is 22.4 Å². The van der Waals surface area contributed by atoms with Crippen LogP contribution in [0.5, 0.6) is 11.5 Å². The molecule has 2 aromatic carbocycles. The number of ether oxygens (including phenoxy) is 2. The van der Waals surface area contributed by atoms with Crippen LogP contribution in [-0.4, -0.2) is 24.2 Å². The zero-order valence-corrected chi connectivity index (χ0v) is 11.4. The predicted molar refractivity (Wildman–Crippen MR) is 74.5 cm³/mol. The van der Waals surface area contributed by atoms with Gasteiger partial charge in [0.2, 0.25) is 0 Å². The SMILES string of the molecule is COc1ccc(OC)c(-c2nc3c(F)cc(F)cc3[nH]2)c1. The molecule has 0 unspecified atom stereocenters. The zero-order chi connectivity index (χ0) is 15.0. The number of imidazole rings is 1. The number of aromatic nitrogens is 2. The van der Waals surface area contributed by atoms with Crippen molar-refractivity contribution in [2.75, 3.05) is 14.2 Å². The molecule has 0 saturated heterocycles. The molecule has 1 N–H and O–H groups in total. The first kappa shape index (κ1) is 13.4. The molecule has 0 amide bonds. The van der Waals surface area contributed by atoms with E-state index in [1.54, 1.807) is 25.3 Å². The lowest BCUT2D eigenvalue weighted by molar-refractivity contribution is 0.404. The first-order valence-corrected chi connectivity index (χ1v) is 6.19. The smallest absolute Gasteiger partial charge is 0.153 e. The molecule has 3 rings (SSSR count). The number of hydrogen-bond donors (Lipinski definition) is 1. The first-order chi connectivity index (χ1) is 10.1. The Bertz CT molecular complexity index is 815. The van der Waals surface area contributed by atoms with Gasteiger partial charge in [-0.2, -0.15) is 0 Å². The fourth-order valence-corrected chi connectivity index (χ4v) is 2.17. The highest BCUT2D eigenvalue weighted by atomic mass is 19.1. The van der Waals surface area contributed by atoms with Gasteiger partial charge in [0.25, 0.3) is 0 Å². The quantitative estimate of drug-likeness (QED) is 0.802. The number of rotatable bonds is 3. The number of methoxy groups -OCH3 is 2. The predicted octanol–water partition coefficient (Wildman–Crippen LogP) is 3.53. The molecule has 21 heavy (non-hydrogen) atoms. The number of hydrogen-bond acceptors (Lipinski definition) is 3. The van der Waals surface area contributed by atoms with Crippen molar-refractivity contribution in [3.05, 3.63) is 42.0 Å². The molecule has 1 heterocycles. The Morgan fingerprint density at radius 1 is 1.05 bits per heavy atom. The Morgan fingerprint density at radius 2 is 1.86 bits per heavy atom. The minimum atomic E-state index is -0.714. The maximum atomic E-state index is 13.7. The molecular formula is C15H12F2N2O2. The number of aromatic amines is 1. The van der Waals surface area contributed by atoms with Crippen LogP contribution in [0.15, 0.2) is 30.3 Å². The van der Waals surface area contributed by atoms with E-state index in [4.69, 9.17) is 9.47 Å². The molecule has 0 fully saturated rings. The number of H-pyrrole nitrogens is 1. The lowest BCUT2D eigenvalue weighted by Crippen LogP contribution is -1.91. The van der Waals surface area contributed by atoms with Crippen LogP contribution in [0.4, 0.5) is 8.78 Å². The van der Waals surface area contributed by atoms with E-state index in [0.29, 0.717) is 22.9 Å². The molecule has 0 aliphatic rings. The van der Waals surface area contributed by atoms with Crippen LogP contribution < -0.4 is 9.47 Å². The van der Waals surface area contributed by atoms with Gasteiger partial charge in [-0.1, -0.05) is 0 Å². The minimum Gasteiger partial charge on any atom is -0.497 e. The fourth-order valence-electron chi connectivity index (χ4n) is 2.17. The summed E-state index contributed by atoms with van der Waals surface area (Å²) in [6.07, 6.45) is 0. The molecule has 6 heteroatoms. The van der Waals surface area contributed by atoms with Crippen LogP contribution in [-0.2, 0) is 0 Å². The summed E-state index contributed by atoms with van der Waals surface area (Å²) in [6, 6.07) is 7.17. The van der Waals surface area contributed by atoms with Gasteiger partial charge in [-0.25, -0.2) is 13.8 Å². The van der Waals surface area contributed by atoms with Crippen molar-refractivity contribution in [3.8, 4) is 22.9 Å². The van der Waals surface area contributed by atoms with Crippen molar-refractivity contribution in [2.45, 2.75) is 0 Å². The summed E-state index contributed by atoms with van der Waals surface area (Å²) in [7, 11) is 3.06. The molecule has 0 atom stereocenters. The number of benzene rings is 2. The van der Waals surface area contributed by atoms with Crippen molar-refractivity contribution >= 4 is 11.0 Å². The fraction of sp³-hybridized carbons (Fsp3) is 0.133. The topological polar surface area (TPSA) is 47.1 Å². The van der Waals surface area contributed by atoms with E-state index >= 15 is 0 Å². The molecule has 0 aliphatic carbocycles. The van der Waals surface area contributed by atoms with Gasteiger partial charge >= 0.3 is 0 Å². The van der Waals surface area contributed by atoms with Crippen molar-refractivity contribution in [1.82, 2.24) is 9.97 Å². The highest BCUT2D eigenvalue weighted by molar-refractivity contribution is 5.81. The van der Waals surface area contributed by atoms with Gasteiger partial charge in [0, 0.05) is 6.07 Å². The highest BCUT2D eigenvalue weighted by Gasteiger charge is 2.15. The largest absolute Gasteiger partial charge is 0.497 e. The van der Waals surface area contributed by atoms with E-state index in [0.717, 1.165) is 6.07 Å². The minimum absolute atomic E-state index is 0.0799. The van der Waals surface area contributed by atoms with Crippen LogP contribution in [0.3, 0.4) is 0 Å². The molecule has 0 radical (unpaired) electrons. The molecule has 0 saturated carbocycles. The van der Waals surface area contributed by atoms with Crippen molar-refractivity contribution in [2.24, 2.45) is 0 Å². The summed E-state index contributed by atoms with van der Waals surface area (Å²) < 4.78 is 37.4. The van der Waals surface area contributed by atoms with Gasteiger partial charge < -0.3 is 14.5 Å². The molecule has 0 bridgehead atoms. The third kappa shape index (κ3) is 2.29. The Kier molecular flexibility index (Phi) is 3.21. The summed E-state index contributed by atoms with van der Waals surface area (Å²) in [5, 5.41) is 0. The van der Waals surface area contributed by atoms with Gasteiger partial charge in [0.15, 0.2) is 5.82 Å². The van der Waals surface area contributed by atoms with Gasteiger partial charge in [-0.15, -0.1) is 0 Å². The van der Waals surface area contributed by atoms with Crippen LogP contribution in [0.2, 0.25) is 0 Å². The van der Waals surface area contributed by atoms with E-state index in [1.165, 1.54) is 13.2 Å². The van der Waals surface area contributed by atoms with Crippen LogP contribution in [0, 0.1) is 11.6 Å². The van der Waals surface area contributed by atoms with Gasteiger partial charge in [-0.3, -0.25) is 0 Å². The van der Waals surface area contributed by atoms with Gasteiger partial charge in [0.1, 0.15) is 28.7 Å². The third-order valence-corrected chi connectivity index (χ3v) is 3.17. The first-order valence-electron chi connectivity index (χ1n) is 6.19. The summed E-state index contributed by atoms with van der Waals surface area (Å²) in [5.41, 5.74) is 0.969.